The summed E-state index contributed by atoms with van der Waals surface area (Å²) in [7, 11) is 1.47. The van der Waals surface area contributed by atoms with Crippen LogP contribution in [0.4, 0.5) is 0 Å². The lowest BCUT2D eigenvalue weighted by Crippen LogP contribution is -2.64. The number of carbonyl (C=O) groups excluding carboxylic acids is 7. The molecule has 1 unspecified atom stereocenters. The van der Waals surface area contributed by atoms with Crippen LogP contribution in [0.2, 0.25) is 10.0 Å². The monoisotopic (exact) mass is 1480 g/mol. The third-order valence-corrected chi connectivity index (χ3v) is 18.4. The van der Waals surface area contributed by atoms with Gasteiger partial charge in [0, 0.05) is 34.7 Å². The Hall–Kier alpha value is -8.91. The molecule has 0 saturated carbocycles. The molecule has 2 fully saturated rings. The average molecular weight is 1490 g/mol. The van der Waals surface area contributed by atoms with E-state index < -0.39 is 237 Å². The first kappa shape index (κ1) is 77.3. The summed E-state index contributed by atoms with van der Waals surface area (Å²) in [5, 5.41) is 131. The van der Waals surface area contributed by atoms with E-state index in [0.29, 0.717) is 0 Å². The third-order valence-electron chi connectivity index (χ3n) is 17.8. The number of aliphatic hydroxyl groups is 6. The van der Waals surface area contributed by atoms with E-state index in [1.165, 1.54) is 33.0 Å². The summed E-state index contributed by atoms with van der Waals surface area (Å²) in [6.45, 7) is 5.66. The molecule has 36 heteroatoms. The number of rotatable bonds is 13. The molecule has 33 nitrogen and oxygen atoms in total. The van der Waals surface area contributed by atoms with Gasteiger partial charge in [-0.3, -0.25) is 33.6 Å². The average Bonchev–Trinajstić information content (AvgIpc) is 0.773. The molecule has 5 aromatic rings. The number of halogens is 3. The fourth-order valence-electron chi connectivity index (χ4n) is 12.5. The maximum absolute atomic E-state index is 16.0. The SMILES string of the molecule is CN[C@H](CC(C)C)C(=O)NC1C(=O)N[C@@H](CC(N)=O)C(=O)N[C@H]2C(=O)N[C@H]3C(=O)N[C@H](C(=O)N[C@H](C(=O)O)c4cc(O)cc(O)c4-c4cc3ccc4O)[C@H](O)c3ccc(c(Cl)c3)Oc3cc2cc(c3O[C@H]2O[C@@H](CO)[C@H](O)[C@@H](O)[C@@H]2O[C@@H]2C[C@@](C)(N)[C@@H](O)[C@@H](C)O2)Oc2ccc(cc2Cl)[C@H]1O.Cl. The van der Waals surface area contributed by atoms with Crippen molar-refractivity contribution in [3.8, 4) is 57.1 Å². The molecule has 18 atom stereocenters. The highest BCUT2D eigenvalue weighted by Gasteiger charge is 2.51. The Morgan fingerprint density at radius 1 is 0.716 bits per heavy atom. The smallest absolute Gasteiger partial charge is 0.330 e. The predicted molar refractivity (Wildman–Crippen MR) is 357 cm³/mol. The number of hydrogen-bond acceptors (Lipinski definition) is 25. The van der Waals surface area contributed by atoms with Crippen molar-refractivity contribution in [1.29, 1.82) is 0 Å². The molecule has 12 rings (SSSR count). The number of likely N-dealkylation sites (N-methyl/N-ethyl adjacent to an activating group) is 1. The highest BCUT2D eigenvalue weighted by atomic mass is 35.5. The summed E-state index contributed by atoms with van der Waals surface area (Å²) in [6, 6.07) is -0.679. The molecule has 0 radical (unpaired) electrons. The van der Waals surface area contributed by atoms with Crippen LogP contribution >= 0.6 is 35.6 Å². The number of fused-ring (bicyclic) bond motifs is 15. The molecule has 550 valence electrons. The van der Waals surface area contributed by atoms with Gasteiger partial charge in [-0.1, -0.05) is 55.2 Å². The van der Waals surface area contributed by atoms with Crippen LogP contribution in [0.1, 0.15) is 105 Å². The molecular formula is C66H76Cl3N9O24. The fourth-order valence-corrected chi connectivity index (χ4v) is 12.9. The molecule has 7 aliphatic heterocycles. The number of aliphatic carboxylic acids is 1. The quantitative estimate of drug-likeness (QED) is 0.0764. The number of carboxylic acids is 1. The normalized spacial score (nSPS) is 29.1. The largest absolute Gasteiger partial charge is 0.508 e. The Kier molecular flexibility index (Phi) is 23.8. The molecular weight excluding hydrogens is 1410 g/mol. The molecule has 7 amide bonds. The zero-order chi connectivity index (χ0) is 73.5. The molecule has 11 bridgehead atoms. The second-order valence-electron chi connectivity index (χ2n) is 25.7. The number of amides is 7. The molecule has 0 aromatic heterocycles. The predicted octanol–water partition coefficient (Wildman–Crippen LogP) is 0.528. The van der Waals surface area contributed by atoms with Crippen molar-refractivity contribution in [3.05, 3.63) is 117 Å². The fraction of sp³-hybridized carbons (Fsp3) is 0.424. The van der Waals surface area contributed by atoms with Crippen molar-refractivity contribution in [1.82, 2.24) is 37.2 Å². The zero-order valence-electron chi connectivity index (χ0n) is 54.7. The lowest BCUT2D eigenvalue weighted by atomic mass is 9.86. The van der Waals surface area contributed by atoms with Crippen molar-refractivity contribution in [2.45, 2.75) is 156 Å². The first-order chi connectivity index (χ1) is 47.7. The van der Waals surface area contributed by atoms with E-state index in [1.807, 2.05) is 13.8 Å². The number of nitrogens with one attached hydrogen (secondary N) is 7. The molecule has 21 N–H and O–H groups in total. The van der Waals surface area contributed by atoms with Crippen LogP contribution in [0.15, 0.2) is 78.9 Å². The number of benzene rings is 5. The zero-order valence-corrected chi connectivity index (χ0v) is 57.1. The van der Waals surface area contributed by atoms with Crippen LogP contribution in [-0.4, -0.2) is 191 Å². The second-order valence-corrected chi connectivity index (χ2v) is 26.5. The summed E-state index contributed by atoms with van der Waals surface area (Å²) >= 11 is 14.1. The molecule has 2 saturated heterocycles. The number of nitrogens with two attached hydrogens (primary N) is 2. The highest BCUT2D eigenvalue weighted by molar-refractivity contribution is 6.32. The van der Waals surface area contributed by atoms with Gasteiger partial charge in [0.15, 0.2) is 29.9 Å². The van der Waals surface area contributed by atoms with Gasteiger partial charge in [-0.05, 0) is 110 Å². The van der Waals surface area contributed by atoms with Gasteiger partial charge >= 0.3 is 5.97 Å². The number of carbonyl (C=O) groups is 8. The Bertz CT molecular complexity index is 4080. The van der Waals surface area contributed by atoms with Crippen LogP contribution in [0, 0.1) is 5.92 Å². The number of aliphatic hydroxyl groups excluding tert-OH is 6. The van der Waals surface area contributed by atoms with Crippen LogP contribution in [0.25, 0.3) is 11.1 Å². The first-order valence-corrected chi connectivity index (χ1v) is 32.4. The van der Waals surface area contributed by atoms with E-state index in [4.69, 9.17) is 63.1 Å². The van der Waals surface area contributed by atoms with Gasteiger partial charge < -0.3 is 128 Å². The van der Waals surface area contributed by atoms with E-state index in [0.717, 1.165) is 66.7 Å². The van der Waals surface area contributed by atoms with E-state index in [9.17, 15) is 75.0 Å². The second kappa shape index (κ2) is 31.4. The molecule has 5 aromatic carbocycles. The van der Waals surface area contributed by atoms with Crippen LogP contribution in [0.5, 0.6) is 46.0 Å². The van der Waals surface area contributed by atoms with E-state index in [-0.39, 0.29) is 58.6 Å². The third kappa shape index (κ3) is 16.3. The van der Waals surface area contributed by atoms with Gasteiger partial charge in [-0.2, -0.15) is 0 Å². The number of aromatic hydroxyl groups is 3. The lowest BCUT2D eigenvalue weighted by Gasteiger charge is -2.47. The van der Waals surface area contributed by atoms with Gasteiger partial charge in [0.1, 0.15) is 89.5 Å². The molecule has 0 spiro atoms. The highest BCUT2D eigenvalue weighted by Crippen LogP contribution is 2.50. The first-order valence-electron chi connectivity index (χ1n) is 31.6. The molecule has 7 aliphatic rings. The van der Waals surface area contributed by atoms with Crippen LogP contribution < -0.4 is 62.9 Å². The van der Waals surface area contributed by atoms with Crippen molar-refractivity contribution in [2.24, 2.45) is 17.4 Å². The minimum Gasteiger partial charge on any atom is -0.508 e. The van der Waals surface area contributed by atoms with Gasteiger partial charge in [-0.25, -0.2) is 4.79 Å². The van der Waals surface area contributed by atoms with Crippen molar-refractivity contribution in [3.63, 3.8) is 0 Å². The minimum absolute atomic E-state index is 0. The number of ether oxygens (including phenoxy) is 6. The van der Waals surface area contributed by atoms with Crippen molar-refractivity contribution in [2.75, 3.05) is 13.7 Å². The lowest BCUT2D eigenvalue weighted by molar-refractivity contribution is -0.333. The number of phenolic OH excluding ortho intramolecular Hbond substituents is 3. The van der Waals surface area contributed by atoms with Gasteiger partial charge in [-0.15, -0.1) is 12.4 Å². The molecule has 102 heavy (non-hydrogen) atoms. The topological polar surface area (TPSA) is 530 Å². The van der Waals surface area contributed by atoms with Crippen molar-refractivity contribution >= 4 is 82.9 Å². The van der Waals surface area contributed by atoms with E-state index in [1.54, 1.807) is 0 Å². The number of primary amides is 1. The summed E-state index contributed by atoms with van der Waals surface area (Å²) in [5.74, 6) is -16.0. The maximum Gasteiger partial charge on any atom is 0.330 e. The Morgan fingerprint density at radius 2 is 1.31 bits per heavy atom. The van der Waals surface area contributed by atoms with Crippen LogP contribution in [0.3, 0.4) is 0 Å². The Labute approximate surface area is 596 Å². The molecule has 0 aliphatic carbocycles. The maximum atomic E-state index is 16.0. The number of phenols is 3. The molecule has 7 heterocycles. The Morgan fingerprint density at radius 3 is 1.89 bits per heavy atom. The Balaban J connectivity index is 0.0000121. The van der Waals surface area contributed by atoms with Gasteiger partial charge in [0.2, 0.25) is 53.4 Å². The summed E-state index contributed by atoms with van der Waals surface area (Å²) < 4.78 is 38.3. The number of carboxylic acid groups (broad SMARTS) is 1. The van der Waals surface area contributed by atoms with Crippen molar-refractivity contribution < 1.29 is 118 Å². The summed E-state index contributed by atoms with van der Waals surface area (Å²) in [5.41, 5.74) is 8.00. The van der Waals surface area contributed by atoms with Gasteiger partial charge in [0.25, 0.3) is 0 Å². The summed E-state index contributed by atoms with van der Waals surface area (Å²) in [6.07, 6.45) is -18.6. The standard InChI is InChI=1S/C66H75Cl2N9O24.ClH/c1-23(2)12-34(71-5)58(88)76-49-51(83)26-7-10-38(32(67)14-26)97-40-16-28-17-41(55(40)101-65-56(54(86)53(85)42(22-78)99-65)100-44-21-66(4,70)57(87)24(3)96-44)98-39-11-8-27(15-33(39)68)52(84)50-63(93)75-48(64(94)95)31-18-29(79)19-37(81)45(31)30-13-25(6-9-36(30)80)46(60(90)77-50)74-61(91)47(28)73-59(89)35(20-43(69)82)72-62(49)92;/h6-11,13-19,23-24,34-35,42,44,46-54,56-57,65,71,78-81,83-87H,12,20-22,70H2,1-5H3,(H2,69,82)(H,72,92)(H,73,89)(H,74,91)(H,75,93)(H,76,88)(H,77,90)(H,94,95);1H/t24-,34-,35+,42+,44-,46-,47-,48+,49?,50+,51-,52-,53+,54-,56+,57+,65-,66-;/m1./s1. The van der Waals surface area contributed by atoms with E-state index in [2.05, 4.69) is 37.2 Å². The minimum atomic E-state index is -2.35. The van der Waals surface area contributed by atoms with E-state index >= 15 is 14.4 Å². The van der Waals surface area contributed by atoms with Gasteiger partial charge in [0.05, 0.1) is 41.3 Å². The number of hydrogen-bond donors (Lipinski definition) is 19. The summed E-state index contributed by atoms with van der Waals surface area (Å²) in [4.78, 5) is 117. The van der Waals surface area contributed by atoms with Crippen LogP contribution in [-0.2, 0) is 52.6 Å².